The summed E-state index contributed by atoms with van der Waals surface area (Å²) in [5.74, 6) is -9.32. The van der Waals surface area contributed by atoms with E-state index in [1.807, 2.05) is 79.2 Å². The van der Waals surface area contributed by atoms with Crippen molar-refractivity contribution in [3.63, 3.8) is 0 Å². The number of nitrogens with zero attached hydrogens (tertiary/aromatic N) is 3. The number of benzene rings is 3. The summed E-state index contributed by atoms with van der Waals surface area (Å²) in [5.41, 5.74) is 15.8. The highest BCUT2D eigenvalue weighted by atomic mass is 32.1. The number of hydrogen-bond acceptors (Lipinski definition) is 17. The molecule has 114 heavy (non-hydrogen) atoms. The topological polar surface area (TPSA) is 397 Å². The van der Waals surface area contributed by atoms with Crippen LogP contribution in [0.5, 0.6) is 0 Å². The van der Waals surface area contributed by atoms with E-state index in [9.17, 15) is 72.9 Å². The zero-order valence-electron chi connectivity index (χ0n) is 66.4. The molecule has 4 heterocycles. The van der Waals surface area contributed by atoms with E-state index in [1.54, 1.807) is 48.6 Å². The molecule has 4 aliphatic rings. The Hall–Kier alpha value is -11.0. The molecule has 0 saturated carbocycles. The lowest BCUT2D eigenvalue weighted by molar-refractivity contribution is -0.462. The fourth-order valence-electron chi connectivity index (χ4n) is 14.4. The first kappa shape index (κ1) is 87.0. The highest BCUT2D eigenvalue weighted by molar-refractivity contribution is 7.16. The van der Waals surface area contributed by atoms with Crippen LogP contribution in [0.2, 0.25) is 26.2 Å². The van der Waals surface area contributed by atoms with Gasteiger partial charge in [-0.05, 0) is 171 Å². The number of aliphatic carboxylic acids is 1. The average molecular weight is 1630 g/mol. The van der Waals surface area contributed by atoms with Gasteiger partial charge < -0.3 is 73.4 Å². The van der Waals surface area contributed by atoms with Crippen molar-refractivity contribution in [1.82, 2.24) is 42.5 Å². The third-order valence-electron chi connectivity index (χ3n) is 20.6. The quantitative estimate of drug-likeness (QED) is 0.0137. The van der Waals surface area contributed by atoms with Gasteiger partial charge in [0.05, 0.1) is 35.9 Å². The number of primary amides is 1. The lowest BCUT2D eigenvalue weighted by atomic mass is 9.89. The fourth-order valence-corrected chi connectivity index (χ4v) is 22.4. The maximum absolute atomic E-state index is 14.3. The summed E-state index contributed by atoms with van der Waals surface area (Å²) in [7, 11) is 7.10. The Morgan fingerprint density at radius 2 is 1.05 bits per heavy atom. The van der Waals surface area contributed by atoms with E-state index in [0.717, 1.165) is 72.2 Å². The number of allylic oxidation sites excluding steroid dienone is 10. The van der Waals surface area contributed by atoms with Crippen LogP contribution in [0, 0.1) is 5.92 Å². The minimum atomic E-state index is -2.52. The van der Waals surface area contributed by atoms with Crippen molar-refractivity contribution in [3.8, 4) is 0 Å². The van der Waals surface area contributed by atoms with E-state index < -0.39 is 125 Å². The summed E-state index contributed by atoms with van der Waals surface area (Å²) in [4.78, 5) is 165. The Morgan fingerprint density at radius 3 is 1.58 bits per heavy atom. The number of ketones is 1. The van der Waals surface area contributed by atoms with Crippen LogP contribution >= 0.6 is 22.7 Å². The maximum Gasteiger partial charge on any atom is 0.346 e. The number of nitrogens with two attached hydrogens (primary N) is 1. The van der Waals surface area contributed by atoms with Crippen molar-refractivity contribution in [3.05, 3.63) is 184 Å². The molecule has 4 atom stereocenters. The van der Waals surface area contributed by atoms with E-state index >= 15 is 0 Å². The van der Waals surface area contributed by atoms with Gasteiger partial charge in [-0.3, -0.25) is 52.7 Å². The number of thiophene rings is 2. The Balaban J connectivity index is 0.774. The predicted molar refractivity (Wildman–Crippen MR) is 448 cm³/mol. The van der Waals surface area contributed by atoms with Crippen LogP contribution in [0.4, 0.5) is 11.4 Å². The van der Waals surface area contributed by atoms with Crippen LogP contribution in [0.1, 0.15) is 133 Å². The number of hydrogen-bond donors (Lipinski definition) is 12. The number of aliphatic hydroxyl groups excluding tert-OH is 1. The van der Waals surface area contributed by atoms with Gasteiger partial charge in [0.2, 0.25) is 41.4 Å². The first-order valence-corrected chi connectivity index (χ1v) is 45.6. The number of carboxylic acids is 2. The maximum atomic E-state index is 14.3. The molecular weight excluding hydrogens is 1530 g/mol. The van der Waals surface area contributed by atoms with Gasteiger partial charge >= 0.3 is 11.9 Å². The smallest absolute Gasteiger partial charge is 0.346 e. The van der Waals surface area contributed by atoms with Crippen LogP contribution in [-0.2, 0) is 56.2 Å². The summed E-state index contributed by atoms with van der Waals surface area (Å²) < 4.78 is 2.08. The fraction of sp³-hybridized carbons (Fsp3) is 0.386. The van der Waals surface area contributed by atoms with Crippen molar-refractivity contribution in [1.29, 1.82) is 0 Å². The second-order valence-electron chi connectivity index (χ2n) is 30.8. The second kappa shape index (κ2) is 38.2. The highest BCUT2D eigenvalue weighted by Crippen LogP contribution is 2.46. The normalized spacial score (nSPS) is 15.2. The minimum absolute atomic E-state index is 0.0438. The van der Waals surface area contributed by atoms with Gasteiger partial charge in [-0.1, -0.05) is 88.6 Å². The number of rotatable bonds is 37. The van der Waals surface area contributed by atoms with Crippen molar-refractivity contribution in [2.75, 3.05) is 78.3 Å². The lowest BCUT2D eigenvalue weighted by Gasteiger charge is -2.38. The number of aromatic carboxylic acids is 1. The number of anilines is 2. The first-order chi connectivity index (χ1) is 54.0. The molecule has 2 aromatic heterocycles. The lowest BCUT2D eigenvalue weighted by Crippen LogP contribution is -2.57. The average Bonchev–Trinajstić information content (AvgIpc) is 0.851. The van der Waals surface area contributed by atoms with Gasteiger partial charge in [-0.2, -0.15) is 0 Å². The van der Waals surface area contributed by atoms with E-state index in [0.29, 0.717) is 39.3 Å². The number of carboxylic acid groups (broad SMARTS) is 2. The molecule has 0 bridgehead atoms. The third kappa shape index (κ3) is 21.3. The summed E-state index contributed by atoms with van der Waals surface area (Å²) in [6.07, 6.45) is 11.5. The van der Waals surface area contributed by atoms with Crippen LogP contribution in [0.15, 0.2) is 137 Å². The number of carbonyl (C=O) groups excluding carboxylic acids is 10. The van der Waals surface area contributed by atoms with Crippen molar-refractivity contribution in [2.45, 2.75) is 135 Å². The summed E-state index contributed by atoms with van der Waals surface area (Å²) in [5, 5.41) is 56.3. The summed E-state index contributed by atoms with van der Waals surface area (Å²) in [6, 6.07) is 19.5. The van der Waals surface area contributed by atoms with Crippen molar-refractivity contribution in [2.24, 2.45) is 11.7 Å². The molecule has 0 saturated heterocycles. The molecule has 0 radical (unpaired) electrons. The zero-order chi connectivity index (χ0) is 83.2. The number of amides is 9. The van der Waals surface area contributed by atoms with Gasteiger partial charge in [0, 0.05) is 88.1 Å². The van der Waals surface area contributed by atoms with Crippen molar-refractivity contribution < 1.29 is 77.4 Å². The SMILES string of the molecule is CC(C)CC(NC(=O)C(Cc1ccccc1)NC(=O)CNC(=O)C(CCCCNC(=O)c1cc(C2=C3C=CC(=O)C=C3[Si](C)(C)c3cc(N(C)C)ccc32)c(C(=O)O)s1)NC(=O)CCC(=O)O)C(=O)NCC(=O)NC(CCCCNC(=O)c1cc(C2=C3C=CC(=[N+](C)C)C=C3[Si](C)(C)c3cc(N(C)C)ccc32)c(CO)s1)C(N)=O. The number of nitrogens with one attached hydrogen (secondary N) is 8. The molecule has 5 aromatic rings. The largest absolute Gasteiger partial charge is 0.481 e. The predicted octanol–water partition coefficient (Wildman–Crippen LogP) is 5.26. The van der Waals surface area contributed by atoms with Crippen molar-refractivity contribution >= 4 is 148 Å². The zero-order valence-corrected chi connectivity index (χ0v) is 70.1. The molecule has 4 unspecified atom stereocenters. The van der Waals surface area contributed by atoms with Crippen LogP contribution < -0.4 is 68.4 Å². The minimum Gasteiger partial charge on any atom is -0.481 e. The Kier molecular flexibility index (Phi) is 29.2. The molecule has 27 nitrogen and oxygen atoms in total. The molecule has 0 spiro atoms. The van der Waals surface area contributed by atoms with E-state index in [2.05, 4.69) is 121 Å². The number of aliphatic hydroxyl groups is 1. The van der Waals surface area contributed by atoms with Gasteiger partial charge in [0.25, 0.3) is 11.8 Å². The molecule has 9 rings (SSSR count). The molecule has 3 aromatic carbocycles. The second-order valence-corrected chi connectivity index (χ2v) is 41.7. The molecular formula is C83H103N12O15S2Si2+. The standard InChI is InChI=1S/C83H102N12O15S2Si2/c1-47(2)36-61(79(105)88-44-71(99)89-59(77(84)103)22-16-18-34-85-81(107)63-42-57(65(46-96)111-63)74-53-28-24-49(93(3)4)38-66(53)113(9,10)67-39-50(94(5)6)25-29-54(67)74)92-80(106)62(37-48-20-14-13-15-21-48)91-72(100)45-87-78(104)60(90-70(98)32-33-73(101)102)23-17-19-35-86-82(108)64-43-58(76(112-64)83(109)110)75-55-30-26-51(95(7)8)40-68(55)114(11,12)69-41-52(97)27-31-56(69)75/h13-15,20-21,24-31,38-43,47,59-62,96H,16-19,22-23,32-37,44-46H2,1-12H3,(H11-,84,85,86,87,88,89,90,91,92,98,99,100,101,102,103,104,105,106,107,108,109,110)/p+1. The van der Waals surface area contributed by atoms with E-state index in [1.165, 1.54) is 27.8 Å². The van der Waals surface area contributed by atoms with Crippen LogP contribution in [0.3, 0.4) is 0 Å². The van der Waals surface area contributed by atoms with Gasteiger partial charge in [-0.15, -0.1) is 22.7 Å². The molecule has 13 N–H and O–H groups in total. The molecule has 0 fully saturated rings. The molecule has 31 heteroatoms. The van der Waals surface area contributed by atoms with Crippen LogP contribution in [-0.4, -0.2) is 205 Å². The molecule has 2 aliphatic heterocycles. The Labute approximate surface area is 673 Å². The highest BCUT2D eigenvalue weighted by Gasteiger charge is 2.44. The third-order valence-corrected chi connectivity index (χ3v) is 29.9. The van der Waals surface area contributed by atoms with Gasteiger partial charge in [0.1, 0.15) is 59.3 Å². The number of unbranched alkanes of at least 4 members (excludes halogenated alkanes) is 2. The molecule has 604 valence electrons. The Morgan fingerprint density at radius 1 is 0.544 bits per heavy atom. The summed E-state index contributed by atoms with van der Waals surface area (Å²) in [6.45, 7) is 11.3. The Bertz CT molecular complexity index is 4870. The van der Waals surface area contributed by atoms with E-state index in [-0.39, 0.29) is 85.6 Å². The molecule has 9 amide bonds. The van der Waals surface area contributed by atoms with Gasteiger partial charge in [0.15, 0.2) is 11.5 Å². The van der Waals surface area contributed by atoms with Crippen LogP contribution in [0.25, 0.3) is 11.1 Å². The summed E-state index contributed by atoms with van der Waals surface area (Å²) >= 11 is 2.03. The monoisotopic (exact) mass is 1630 g/mol. The molecule has 2 aliphatic carbocycles. The number of carbonyl (C=O) groups is 12. The van der Waals surface area contributed by atoms with Gasteiger partial charge in [-0.25, -0.2) is 9.37 Å². The van der Waals surface area contributed by atoms with E-state index in [4.69, 9.17) is 5.73 Å². The first-order valence-electron chi connectivity index (χ1n) is 38.0. The number of fused-ring (bicyclic) bond motifs is 4.